The van der Waals surface area contributed by atoms with Crippen LogP contribution in [0.5, 0.6) is 0 Å². The van der Waals surface area contributed by atoms with Gasteiger partial charge in [0.05, 0.1) is 11.3 Å². The SMILES string of the molecule is CCCC1(CCC)CN(c2cc(Br)ccc2C(=O)O)C1. The fraction of sp³-hybridized carbons (Fsp3) is 0.562. The highest BCUT2D eigenvalue weighted by atomic mass is 79.9. The average Bonchev–Trinajstić information content (AvgIpc) is 2.35. The second kappa shape index (κ2) is 6.17. The summed E-state index contributed by atoms with van der Waals surface area (Å²) in [5.41, 5.74) is 1.63. The number of nitrogens with zero attached hydrogens (tertiary/aromatic N) is 1. The Balaban J connectivity index is 2.19. The first kappa shape index (κ1) is 15.4. The molecule has 0 radical (unpaired) electrons. The lowest BCUT2D eigenvalue weighted by Gasteiger charge is -2.52. The number of rotatable bonds is 6. The van der Waals surface area contributed by atoms with Gasteiger partial charge in [-0.15, -0.1) is 0 Å². The van der Waals surface area contributed by atoms with Crippen molar-refractivity contribution in [2.24, 2.45) is 5.41 Å². The Labute approximate surface area is 129 Å². The van der Waals surface area contributed by atoms with E-state index in [0.717, 1.165) is 23.2 Å². The summed E-state index contributed by atoms with van der Waals surface area (Å²) in [6.07, 6.45) is 4.84. The Kier molecular flexibility index (Phi) is 4.74. The molecule has 1 heterocycles. The number of halogens is 1. The molecule has 4 heteroatoms. The largest absolute Gasteiger partial charge is 0.478 e. The zero-order valence-corrected chi connectivity index (χ0v) is 13.7. The predicted molar refractivity (Wildman–Crippen MR) is 85.6 cm³/mol. The quantitative estimate of drug-likeness (QED) is 0.826. The first-order valence-electron chi connectivity index (χ1n) is 7.29. The maximum absolute atomic E-state index is 11.3. The summed E-state index contributed by atoms with van der Waals surface area (Å²) in [6.45, 7) is 6.40. The fourth-order valence-corrected chi connectivity index (χ4v) is 3.73. The van der Waals surface area contributed by atoms with Crippen LogP contribution < -0.4 is 4.90 Å². The molecule has 1 N–H and O–H groups in total. The lowest BCUT2D eigenvalue weighted by molar-refractivity contribution is 0.0696. The zero-order valence-electron chi connectivity index (χ0n) is 12.2. The molecule has 1 aromatic rings. The Bertz CT molecular complexity index is 487. The molecule has 0 saturated carbocycles. The van der Waals surface area contributed by atoms with Gasteiger partial charge >= 0.3 is 5.97 Å². The van der Waals surface area contributed by atoms with Crippen molar-refractivity contribution in [1.29, 1.82) is 0 Å². The first-order valence-corrected chi connectivity index (χ1v) is 8.08. The average molecular weight is 340 g/mol. The molecular weight excluding hydrogens is 318 g/mol. The van der Waals surface area contributed by atoms with E-state index in [2.05, 4.69) is 34.7 Å². The molecule has 0 bridgehead atoms. The summed E-state index contributed by atoms with van der Waals surface area (Å²) in [6, 6.07) is 5.39. The van der Waals surface area contributed by atoms with E-state index >= 15 is 0 Å². The standard InChI is InChI=1S/C16H22BrNO2/c1-3-7-16(8-4-2)10-18(11-16)14-9-12(17)5-6-13(14)15(19)20/h5-6,9H,3-4,7-8,10-11H2,1-2H3,(H,19,20). The van der Waals surface area contributed by atoms with Crippen molar-refractivity contribution in [3.05, 3.63) is 28.2 Å². The van der Waals surface area contributed by atoms with Gasteiger partial charge in [0, 0.05) is 23.0 Å². The summed E-state index contributed by atoms with van der Waals surface area (Å²) in [4.78, 5) is 13.6. The topological polar surface area (TPSA) is 40.5 Å². The third kappa shape index (κ3) is 3.00. The van der Waals surface area contributed by atoms with Crippen LogP contribution in [0.25, 0.3) is 0 Å². The van der Waals surface area contributed by atoms with Crippen LogP contribution in [-0.4, -0.2) is 24.2 Å². The second-order valence-electron chi connectivity index (χ2n) is 5.82. The minimum Gasteiger partial charge on any atom is -0.478 e. The van der Waals surface area contributed by atoms with Crippen molar-refractivity contribution in [3.63, 3.8) is 0 Å². The number of anilines is 1. The molecule has 0 amide bonds. The van der Waals surface area contributed by atoms with E-state index in [4.69, 9.17) is 0 Å². The molecule has 1 saturated heterocycles. The summed E-state index contributed by atoms with van der Waals surface area (Å²) in [5.74, 6) is -0.851. The highest BCUT2D eigenvalue weighted by Crippen LogP contribution is 2.43. The van der Waals surface area contributed by atoms with Gasteiger partial charge in [-0.25, -0.2) is 4.79 Å². The van der Waals surface area contributed by atoms with Gasteiger partial charge in [-0.05, 0) is 31.0 Å². The smallest absolute Gasteiger partial charge is 0.337 e. The van der Waals surface area contributed by atoms with Crippen LogP contribution in [-0.2, 0) is 0 Å². The highest BCUT2D eigenvalue weighted by Gasteiger charge is 2.42. The second-order valence-corrected chi connectivity index (χ2v) is 6.74. The van der Waals surface area contributed by atoms with Crippen molar-refractivity contribution in [2.75, 3.05) is 18.0 Å². The van der Waals surface area contributed by atoms with E-state index in [0.29, 0.717) is 11.0 Å². The predicted octanol–water partition coefficient (Wildman–Crippen LogP) is 4.55. The van der Waals surface area contributed by atoms with Crippen molar-refractivity contribution in [3.8, 4) is 0 Å². The molecule has 20 heavy (non-hydrogen) atoms. The van der Waals surface area contributed by atoms with Crippen molar-refractivity contribution in [2.45, 2.75) is 39.5 Å². The lowest BCUT2D eigenvalue weighted by atomic mass is 9.72. The molecule has 1 aliphatic rings. The third-order valence-electron chi connectivity index (χ3n) is 4.14. The molecule has 0 spiro atoms. The summed E-state index contributed by atoms with van der Waals surface area (Å²) in [5, 5.41) is 9.32. The Hall–Kier alpha value is -1.03. The van der Waals surface area contributed by atoms with Gasteiger partial charge < -0.3 is 10.0 Å². The molecule has 110 valence electrons. The number of hydrogen-bond donors (Lipinski definition) is 1. The van der Waals surface area contributed by atoms with Gasteiger partial charge in [-0.3, -0.25) is 0 Å². The Morgan fingerprint density at radius 1 is 1.30 bits per heavy atom. The summed E-state index contributed by atoms with van der Waals surface area (Å²) >= 11 is 3.44. The lowest BCUT2D eigenvalue weighted by Crippen LogP contribution is -2.56. The number of hydrogen-bond acceptors (Lipinski definition) is 2. The van der Waals surface area contributed by atoms with E-state index in [9.17, 15) is 9.90 Å². The van der Waals surface area contributed by atoms with Crippen LogP contribution in [0.1, 0.15) is 49.9 Å². The molecule has 0 unspecified atom stereocenters. The Morgan fingerprint density at radius 3 is 2.40 bits per heavy atom. The van der Waals surface area contributed by atoms with Crippen LogP contribution in [0, 0.1) is 5.41 Å². The molecule has 3 nitrogen and oxygen atoms in total. The first-order chi connectivity index (χ1) is 9.51. The van der Waals surface area contributed by atoms with E-state index in [1.807, 2.05) is 6.07 Å². The van der Waals surface area contributed by atoms with Gasteiger partial charge in [-0.1, -0.05) is 42.6 Å². The molecule has 1 fully saturated rings. The summed E-state index contributed by atoms with van der Waals surface area (Å²) in [7, 11) is 0. The van der Waals surface area contributed by atoms with Crippen LogP contribution >= 0.6 is 15.9 Å². The summed E-state index contributed by atoms with van der Waals surface area (Å²) < 4.78 is 0.931. The van der Waals surface area contributed by atoms with Gasteiger partial charge in [-0.2, -0.15) is 0 Å². The van der Waals surface area contributed by atoms with Crippen LogP contribution in [0.15, 0.2) is 22.7 Å². The van der Waals surface area contributed by atoms with Gasteiger partial charge in [0.25, 0.3) is 0 Å². The molecule has 2 rings (SSSR count). The monoisotopic (exact) mass is 339 g/mol. The minimum atomic E-state index is -0.851. The number of aromatic carboxylic acids is 1. The number of carboxylic acids is 1. The van der Waals surface area contributed by atoms with E-state index < -0.39 is 5.97 Å². The Morgan fingerprint density at radius 2 is 1.90 bits per heavy atom. The maximum atomic E-state index is 11.3. The van der Waals surface area contributed by atoms with Crippen molar-refractivity contribution in [1.82, 2.24) is 0 Å². The molecule has 1 aromatic carbocycles. The molecule has 0 aromatic heterocycles. The van der Waals surface area contributed by atoms with Crippen LogP contribution in [0.3, 0.4) is 0 Å². The minimum absolute atomic E-state index is 0.390. The van der Waals surface area contributed by atoms with E-state index in [-0.39, 0.29) is 0 Å². The van der Waals surface area contributed by atoms with Gasteiger partial charge in [0.1, 0.15) is 0 Å². The highest BCUT2D eigenvalue weighted by molar-refractivity contribution is 9.10. The van der Waals surface area contributed by atoms with Crippen molar-refractivity contribution >= 4 is 27.6 Å². The van der Waals surface area contributed by atoms with Crippen LogP contribution in [0.2, 0.25) is 0 Å². The molecule has 1 aliphatic heterocycles. The number of benzene rings is 1. The number of carbonyl (C=O) groups is 1. The fourth-order valence-electron chi connectivity index (χ4n) is 3.38. The molecular formula is C16H22BrNO2. The number of carboxylic acid groups (broad SMARTS) is 1. The third-order valence-corrected chi connectivity index (χ3v) is 4.64. The maximum Gasteiger partial charge on any atom is 0.337 e. The zero-order chi connectivity index (χ0) is 14.8. The van der Waals surface area contributed by atoms with Crippen molar-refractivity contribution < 1.29 is 9.90 Å². The normalized spacial score (nSPS) is 16.9. The molecule has 0 aliphatic carbocycles. The van der Waals surface area contributed by atoms with Gasteiger partial charge in [0.15, 0.2) is 0 Å². The van der Waals surface area contributed by atoms with Crippen LogP contribution in [0.4, 0.5) is 5.69 Å². The molecule has 0 atom stereocenters. The van der Waals surface area contributed by atoms with E-state index in [1.165, 1.54) is 25.7 Å². The van der Waals surface area contributed by atoms with Gasteiger partial charge in [0.2, 0.25) is 0 Å². The van der Waals surface area contributed by atoms with E-state index in [1.54, 1.807) is 12.1 Å².